The molecule has 0 spiro atoms. The van der Waals surface area contributed by atoms with Crippen molar-refractivity contribution in [2.45, 2.75) is 19.3 Å². The Hall–Kier alpha value is -0.300. The third kappa shape index (κ3) is 0.485. The van der Waals surface area contributed by atoms with Crippen LogP contribution in [0.1, 0.15) is 19.3 Å². The van der Waals surface area contributed by atoms with E-state index in [-0.39, 0.29) is 0 Å². The van der Waals surface area contributed by atoms with E-state index in [0.717, 1.165) is 25.0 Å². The Morgan fingerprint density at radius 3 is 3.30 bits per heavy atom. The van der Waals surface area contributed by atoms with Gasteiger partial charge in [0.1, 0.15) is 0 Å². The Kier molecular flexibility index (Phi) is 0.883. The van der Waals surface area contributed by atoms with Crippen LogP contribution in [0.25, 0.3) is 0 Å². The topological polar surface area (TPSA) is 9.23 Å². The first-order valence-corrected chi connectivity index (χ1v) is 4.23. The second-order valence-electron chi connectivity index (χ2n) is 3.75. The summed E-state index contributed by atoms with van der Waals surface area (Å²) < 4.78 is 5.43. The van der Waals surface area contributed by atoms with Gasteiger partial charge in [0, 0.05) is 5.92 Å². The van der Waals surface area contributed by atoms with Crippen LogP contribution in [0.5, 0.6) is 0 Å². The average Bonchev–Trinajstić information content (AvgIpc) is 2.60. The standard InChI is InChI=1S/C9H12O/c1-2-7-3-6(1)8-4-10-5-9(7)8/h6,8H,1-5H2. The van der Waals surface area contributed by atoms with Crippen molar-refractivity contribution in [1.82, 2.24) is 0 Å². The summed E-state index contributed by atoms with van der Waals surface area (Å²) >= 11 is 0. The van der Waals surface area contributed by atoms with Crippen LogP contribution in [0.3, 0.4) is 0 Å². The molecule has 10 heavy (non-hydrogen) atoms. The van der Waals surface area contributed by atoms with E-state index in [4.69, 9.17) is 4.74 Å². The maximum atomic E-state index is 5.43. The van der Waals surface area contributed by atoms with Crippen molar-refractivity contribution in [2.24, 2.45) is 11.8 Å². The molecule has 0 aromatic carbocycles. The number of allylic oxidation sites excluding steroid dienone is 1. The highest BCUT2D eigenvalue weighted by molar-refractivity contribution is 5.31. The molecule has 1 nitrogen and oxygen atoms in total. The molecule has 1 heterocycles. The minimum Gasteiger partial charge on any atom is -0.376 e. The highest BCUT2D eigenvalue weighted by atomic mass is 16.5. The highest BCUT2D eigenvalue weighted by Crippen LogP contribution is 2.50. The van der Waals surface area contributed by atoms with E-state index in [2.05, 4.69) is 0 Å². The van der Waals surface area contributed by atoms with Gasteiger partial charge in [-0.1, -0.05) is 5.57 Å². The van der Waals surface area contributed by atoms with Gasteiger partial charge < -0.3 is 4.74 Å². The van der Waals surface area contributed by atoms with E-state index >= 15 is 0 Å². The van der Waals surface area contributed by atoms with Gasteiger partial charge in [-0.3, -0.25) is 0 Å². The lowest BCUT2D eigenvalue weighted by Gasteiger charge is -2.14. The fourth-order valence-electron chi connectivity index (χ4n) is 2.80. The molecule has 0 radical (unpaired) electrons. The second kappa shape index (κ2) is 1.65. The van der Waals surface area contributed by atoms with Crippen molar-refractivity contribution in [3.05, 3.63) is 11.1 Å². The molecule has 2 bridgehead atoms. The second-order valence-corrected chi connectivity index (χ2v) is 3.75. The Balaban J connectivity index is 2.09. The summed E-state index contributed by atoms with van der Waals surface area (Å²) in [7, 11) is 0. The number of rotatable bonds is 0. The predicted molar refractivity (Wildman–Crippen MR) is 38.7 cm³/mol. The molecule has 3 aliphatic rings. The number of hydrogen-bond acceptors (Lipinski definition) is 1. The summed E-state index contributed by atoms with van der Waals surface area (Å²) in [4.78, 5) is 0. The minimum absolute atomic E-state index is 0.865. The zero-order valence-corrected chi connectivity index (χ0v) is 6.10. The van der Waals surface area contributed by atoms with Crippen molar-refractivity contribution >= 4 is 0 Å². The molecule has 1 saturated heterocycles. The smallest absolute Gasteiger partial charge is 0.0683 e. The Morgan fingerprint density at radius 1 is 1.40 bits per heavy atom. The Labute approximate surface area is 61.1 Å². The minimum atomic E-state index is 0.865. The third-order valence-corrected chi connectivity index (χ3v) is 3.35. The summed E-state index contributed by atoms with van der Waals surface area (Å²) in [5.41, 5.74) is 3.45. The molecule has 3 rings (SSSR count). The monoisotopic (exact) mass is 136 g/mol. The largest absolute Gasteiger partial charge is 0.376 e. The van der Waals surface area contributed by atoms with Crippen molar-refractivity contribution in [1.29, 1.82) is 0 Å². The van der Waals surface area contributed by atoms with Crippen LogP contribution >= 0.6 is 0 Å². The van der Waals surface area contributed by atoms with Gasteiger partial charge in [0.2, 0.25) is 0 Å². The van der Waals surface area contributed by atoms with Gasteiger partial charge in [-0.15, -0.1) is 0 Å². The van der Waals surface area contributed by atoms with Gasteiger partial charge in [-0.25, -0.2) is 0 Å². The SMILES string of the molecule is C1CC2CC1=C1COCC12. The number of ether oxygens (including phenoxy) is 1. The third-order valence-electron chi connectivity index (χ3n) is 3.35. The summed E-state index contributed by atoms with van der Waals surface area (Å²) in [5.74, 6) is 1.86. The molecule has 1 saturated carbocycles. The molecule has 1 aliphatic heterocycles. The summed E-state index contributed by atoms with van der Waals surface area (Å²) in [6, 6.07) is 0. The molecular weight excluding hydrogens is 124 g/mol. The lowest BCUT2D eigenvalue weighted by molar-refractivity contribution is 0.173. The van der Waals surface area contributed by atoms with Gasteiger partial charge in [0.25, 0.3) is 0 Å². The van der Waals surface area contributed by atoms with Crippen LogP contribution in [-0.4, -0.2) is 13.2 Å². The first-order valence-electron chi connectivity index (χ1n) is 4.23. The summed E-state index contributed by atoms with van der Waals surface area (Å²) in [5, 5.41) is 0. The molecular formula is C9H12O. The molecule has 2 aliphatic carbocycles. The van der Waals surface area contributed by atoms with E-state index in [0.29, 0.717) is 0 Å². The van der Waals surface area contributed by atoms with E-state index in [9.17, 15) is 0 Å². The molecule has 54 valence electrons. The first-order chi connectivity index (χ1) is 4.95. The van der Waals surface area contributed by atoms with Crippen LogP contribution in [0.15, 0.2) is 11.1 Å². The van der Waals surface area contributed by atoms with E-state index in [1.165, 1.54) is 19.3 Å². The van der Waals surface area contributed by atoms with E-state index in [1.54, 1.807) is 11.1 Å². The molecule has 1 heteroatoms. The normalized spacial score (nSPS) is 43.2. The van der Waals surface area contributed by atoms with E-state index < -0.39 is 0 Å². The zero-order chi connectivity index (χ0) is 6.55. The molecule has 0 aromatic rings. The quantitative estimate of drug-likeness (QED) is 0.461. The summed E-state index contributed by atoms with van der Waals surface area (Å²) in [6.07, 6.45) is 4.26. The van der Waals surface area contributed by atoms with Crippen LogP contribution in [-0.2, 0) is 4.74 Å². The maximum Gasteiger partial charge on any atom is 0.0683 e. The Morgan fingerprint density at radius 2 is 2.40 bits per heavy atom. The van der Waals surface area contributed by atoms with Gasteiger partial charge in [-0.05, 0) is 30.8 Å². The zero-order valence-electron chi connectivity index (χ0n) is 6.10. The van der Waals surface area contributed by atoms with Crippen molar-refractivity contribution < 1.29 is 4.74 Å². The molecule has 0 aromatic heterocycles. The molecule has 2 unspecified atom stereocenters. The van der Waals surface area contributed by atoms with Crippen molar-refractivity contribution in [2.75, 3.05) is 13.2 Å². The molecule has 0 amide bonds. The number of hydrogen-bond donors (Lipinski definition) is 0. The van der Waals surface area contributed by atoms with Crippen molar-refractivity contribution in [3.8, 4) is 0 Å². The van der Waals surface area contributed by atoms with Crippen molar-refractivity contribution in [3.63, 3.8) is 0 Å². The fourth-order valence-corrected chi connectivity index (χ4v) is 2.80. The molecule has 2 atom stereocenters. The van der Waals surface area contributed by atoms with Gasteiger partial charge in [0.05, 0.1) is 13.2 Å². The van der Waals surface area contributed by atoms with Crippen LogP contribution in [0.4, 0.5) is 0 Å². The Bertz CT molecular complexity index is 205. The highest BCUT2D eigenvalue weighted by Gasteiger charge is 2.41. The summed E-state index contributed by atoms with van der Waals surface area (Å²) in [6.45, 7) is 2.00. The van der Waals surface area contributed by atoms with E-state index in [1.807, 2.05) is 0 Å². The lowest BCUT2D eigenvalue weighted by Crippen LogP contribution is -2.10. The van der Waals surface area contributed by atoms with Gasteiger partial charge in [0.15, 0.2) is 0 Å². The first kappa shape index (κ1) is 5.36. The lowest BCUT2D eigenvalue weighted by atomic mass is 9.89. The van der Waals surface area contributed by atoms with Gasteiger partial charge >= 0.3 is 0 Å². The predicted octanol–water partition coefficient (Wildman–Crippen LogP) is 1.74. The van der Waals surface area contributed by atoms with Gasteiger partial charge in [-0.2, -0.15) is 0 Å². The average molecular weight is 136 g/mol. The van der Waals surface area contributed by atoms with Crippen LogP contribution in [0.2, 0.25) is 0 Å². The van der Waals surface area contributed by atoms with Crippen LogP contribution in [0, 0.1) is 11.8 Å². The number of fused-ring (bicyclic) bond motifs is 4. The van der Waals surface area contributed by atoms with Crippen LogP contribution < -0.4 is 0 Å². The molecule has 2 fully saturated rings. The molecule has 0 N–H and O–H groups in total. The maximum absolute atomic E-state index is 5.43. The fraction of sp³-hybridized carbons (Fsp3) is 0.778.